The summed E-state index contributed by atoms with van der Waals surface area (Å²) in [5, 5.41) is 0.305. The van der Waals surface area contributed by atoms with Gasteiger partial charge in [0.15, 0.2) is 0 Å². The van der Waals surface area contributed by atoms with Crippen LogP contribution < -0.4 is 0 Å². The van der Waals surface area contributed by atoms with Crippen molar-refractivity contribution in [1.82, 2.24) is 4.34 Å². The Balaban J connectivity index is 3.41. The fourth-order valence-corrected chi connectivity index (χ4v) is 6.47. The average Bonchev–Trinajstić information content (AvgIpc) is 2.49. The van der Waals surface area contributed by atoms with Gasteiger partial charge in [0.05, 0.1) is 6.19 Å². The first-order chi connectivity index (χ1) is 6.61. The van der Waals surface area contributed by atoms with Gasteiger partial charge in [-0.25, -0.2) is 0 Å². The van der Waals surface area contributed by atoms with Crippen molar-refractivity contribution in [2.45, 2.75) is 51.9 Å². The minimum Gasteiger partial charge on any atom is -0.325 e. The van der Waals surface area contributed by atoms with Crippen LogP contribution >= 0.6 is 6.19 Å². The summed E-state index contributed by atoms with van der Waals surface area (Å²) in [6, 6.07) is 4.14. The van der Waals surface area contributed by atoms with Gasteiger partial charge in [-0.05, 0) is 12.1 Å². The standard InChI is InChI=1S/C12H22NPS/c1-11(2,3)14(15,12(4,5)6)13-9-7-8-10-13/h7-10H,1-6H3. The Labute approximate surface area is 98.9 Å². The zero-order valence-corrected chi connectivity index (χ0v) is 12.3. The van der Waals surface area contributed by atoms with Gasteiger partial charge in [0.2, 0.25) is 0 Å². The SMILES string of the molecule is CC(C)(C)P(=S)(n1cccc1)C(C)(C)C. The zero-order chi connectivity index (χ0) is 11.9. The first-order valence-electron chi connectivity index (χ1n) is 5.35. The van der Waals surface area contributed by atoms with Gasteiger partial charge in [-0.3, -0.25) is 0 Å². The molecule has 0 unspecified atom stereocenters. The smallest absolute Gasteiger partial charge is 0.0502 e. The average molecular weight is 243 g/mol. The Morgan fingerprint density at radius 2 is 1.20 bits per heavy atom. The number of hydrogen-bond acceptors (Lipinski definition) is 1. The highest BCUT2D eigenvalue weighted by Gasteiger charge is 2.42. The Hall–Kier alpha value is -0.0700. The van der Waals surface area contributed by atoms with Crippen LogP contribution in [-0.2, 0) is 11.8 Å². The third-order valence-electron chi connectivity index (χ3n) is 2.73. The second-order valence-electron chi connectivity index (χ2n) is 5.98. The van der Waals surface area contributed by atoms with E-state index in [-0.39, 0.29) is 10.3 Å². The molecule has 0 atom stereocenters. The summed E-state index contributed by atoms with van der Waals surface area (Å²) < 4.78 is 2.28. The predicted octanol–water partition coefficient (Wildman–Crippen LogP) is 4.33. The molecule has 1 heterocycles. The largest absolute Gasteiger partial charge is 0.325 e. The van der Waals surface area contributed by atoms with Crippen molar-refractivity contribution in [3.05, 3.63) is 24.5 Å². The minimum atomic E-state index is -1.64. The Kier molecular flexibility index (Phi) is 3.25. The Bertz CT molecular complexity index is 347. The van der Waals surface area contributed by atoms with E-state index < -0.39 is 6.19 Å². The van der Waals surface area contributed by atoms with E-state index in [0.29, 0.717) is 0 Å². The molecule has 0 fully saturated rings. The molecule has 0 amide bonds. The van der Waals surface area contributed by atoms with E-state index in [1.165, 1.54) is 0 Å². The predicted molar refractivity (Wildman–Crippen MR) is 73.6 cm³/mol. The second kappa shape index (κ2) is 3.75. The summed E-state index contributed by atoms with van der Waals surface area (Å²) in [6.45, 7) is 13.6. The summed E-state index contributed by atoms with van der Waals surface area (Å²) in [4.78, 5) is 0. The third kappa shape index (κ3) is 2.07. The van der Waals surface area contributed by atoms with Gasteiger partial charge in [0.25, 0.3) is 0 Å². The fraction of sp³-hybridized carbons (Fsp3) is 0.667. The van der Waals surface area contributed by atoms with Crippen LogP contribution in [0.3, 0.4) is 0 Å². The molecule has 15 heavy (non-hydrogen) atoms. The summed E-state index contributed by atoms with van der Waals surface area (Å²) in [6.07, 6.45) is 2.60. The number of aromatic nitrogens is 1. The summed E-state index contributed by atoms with van der Waals surface area (Å²) in [5.41, 5.74) is 0. The van der Waals surface area contributed by atoms with Crippen molar-refractivity contribution in [1.29, 1.82) is 0 Å². The van der Waals surface area contributed by atoms with E-state index in [9.17, 15) is 0 Å². The van der Waals surface area contributed by atoms with Crippen LogP contribution in [-0.4, -0.2) is 14.6 Å². The lowest BCUT2D eigenvalue weighted by molar-refractivity contribution is 0.690. The van der Waals surface area contributed by atoms with Crippen molar-refractivity contribution in [2.24, 2.45) is 0 Å². The van der Waals surface area contributed by atoms with Crippen molar-refractivity contribution < 1.29 is 0 Å². The molecule has 1 aromatic heterocycles. The molecular formula is C12H22NPS. The molecular weight excluding hydrogens is 221 g/mol. The van der Waals surface area contributed by atoms with Gasteiger partial charge < -0.3 is 4.34 Å². The van der Waals surface area contributed by atoms with Crippen LogP contribution in [0.1, 0.15) is 41.5 Å². The molecule has 86 valence electrons. The molecule has 0 bridgehead atoms. The highest BCUT2D eigenvalue weighted by atomic mass is 32.4. The van der Waals surface area contributed by atoms with Crippen LogP contribution in [0.25, 0.3) is 0 Å². The summed E-state index contributed by atoms with van der Waals surface area (Å²) in [5.74, 6) is 0. The lowest BCUT2D eigenvalue weighted by Crippen LogP contribution is -2.31. The lowest BCUT2D eigenvalue weighted by Gasteiger charge is -2.45. The molecule has 0 saturated carbocycles. The Morgan fingerprint density at radius 1 is 0.867 bits per heavy atom. The molecule has 0 aliphatic rings. The van der Waals surface area contributed by atoms with Crippen molar-refractivity contribution in [3.8, 4) is 0 Å². The molecule has 0 spiro atoms. The van der Waals surface area contributed by atoms with E-state index in [2.05, 4.69) is 70.4 Å². The van der Waals surface area contributed by atoms with Crippen molar-refractivity contribution in [2.75, 3.05) is 0 Å². The van der Waals surface area contributed by atoms with E-state index in [1.54, 1.807) is 0 Å². The van der Waals surface area contributed by atoms with E-state index in [1.807, 2.05) is 0 Å². The highest BCUT2D eigenvalue weighted by Crippen LogP contribution is 2.67. The molecule has 0 aliphatic carbocycles. The maximum atomic E-state index is 6.07. The molecule has 0 saturated heterocycles. The molecule has 0 radical (unpaired) electrons. The summed E-state index contributed by atoms with van der Waals surface area (Å²) in [7, 11) is 0. The highest BCUT2D eigenvalue weighted by molar-refractivity contribution is 8.15. The first kappa shape index (κ1) is 13.0. The minimum absolute atomic E-state index is 0.152. The molecule has 1 nitrogen and oxygen atoms in total. The summed E-state index contributed by atoms with van der Waals surface area (Å²) >= 11 is 6.07. The zero-order valence-electron chi connectivity index (χ0n) is 10.6. The first-order valence-corrected chi connectivity index (χ1v) is 8.10. The van der Waals surface area contributed by atoms with Gasteiger partial charge in [0.1, 0.15) is 0 Å². The van der Waals surface area contributed by atoms with Crippen LogP contribution in [0.5, 0.6) is 0 Å². The normalized spacial score (nSPS) is 14.3. The molecule has 1 aromatic rings. The topological polar surface area (TPSA) is 4.93 Å². The second-order valence-corrected chi connectivity index (χ2v) is 11.9. The molecule has 3 heteroatoms. The quantitative estimate of drug-likeness (QED) is 0.665. The van der Waals surface area contributed by atoms with E-state index in [4.69, 9.17) is 11.8 Å². The van der Waals surface area contributed by atoms with Gasteiger partial charge in [-0.1, -0.05) is 53.3 Å². The van der Waals surface area contributed by atoms with Crippen LogP contribution in [0, 0.1) is 0 Å². The van der Waals surface area contributed by atoms with Gasteiger partial charge in [-0.15, -0.1) is 0 Å². The molecule has 1 rings (SSSR count). The molecule has 0 N–H and O–H groups in total. The van der Waals surface area contributed by atoms with Gasteiger partial charge >= 0.3 is 0 Å². The number of nitrogens with zero attached hydrogens (tertiary/aromatic N) is 1. The van der Waals surface area contributed by atoms with Crippen molar-refractivity contribution >= 4 is 18.0 Å². The van der Waals surface area contributed by atoms with Gasteiger partial charge in [0, 0.05) is 22.7 Å². The number of hydrogen-bond donors (Lipinski definition) is 0. The van der Waals surface area contributed by atoms with E-state index >= 15 is 0 Å². The third-order valence-corrected chi connectivity index (χ3v) is 11.1. The molecule has 0 aromatic carbocycles. The maximum absolute atomic E-state index is 6.07. The van der Waals surface area contributed by atoms with Crippen LogP contribution in [0.4, 0.5) is 0 Å². The fourth-order valence-electron chi connectivity index (χ4n) is 2.21. The number of rotatable bonds is 1. The maximum Gasteiger partial charge on any atom is 0.0502 e. The Morgan fingerprint density at radius 3 is 1.47 bits per heavy atom. The van der Waals surface area contributed by atoms with E-state index in [0.717, 1.165) is 0 Å². The lowest BCUT2D eigenvalue weighted by atomic mass is 10.2. The van der Waals surface area contributed by atoms with Gasteiger partial charge in [-0.2, -0.15) is 0 Å². The molecule has 0 aliphatic heterocycles. The monoisotopic (exact) mass is 243 g/mol. The van der Waals surface area contributed by atoms with Crippen LogP contribution in [0.15, 0.2) is 24.5 Å². The van der Waals surface area contributed by atoms with Crippen molar-refractivity contribution in [3.63, 3.8) is 0 Å². The van der Waals surface area contributed by atoms with Crippen LogP contribution in [0.2, 0.25) is 0 Å².